The standard InChI is InChI=1S/C12H14BrFN2O/c13-9-2-1-3-10(14)12(9)16-11(17)7-15-6-8-4-5-8/h1-3,8,15H,4-7H2,(H,16,17). The van der Waals surface area contributed by atoms with E-state index in [9.17, 15) is 9.18 Å². The van der Waals surface area contributed by atoms with Crippen LogP contribution < -0.4 is 10.6 Å². The molecule has 5 heteroatoms. The summed E-state index contributed by atoms with van der Waals surface area (Å²) in [7, 11) is 0. The zero-order chi connectivity index (χ0) is 12.3. The summed E-state index contributed by atoms with van der Waals surface area (Å²) in [5.41, 5.74) is 0.200. The third kappa shape index (κ3) is 3.78. The van der Waals surface area contributed by atoms with Gasteiger partial charge in [0, 0.05) is 4.47 Å². The number of anilines is 1. The number of benzene rings is 1. The predicted molar refractivity (Wildman–Crippen MR) is 68.3 cm³/mol. The average Bonchev–Trinajstić information content (AvgIpc) is 3.08. The van der Waals surface area contributed by atoms with Gasteiger partial charge in [0.05, 0.1) is 12.2 Å². The second-order valence-electron chi connectivity index (χ2n) is 4.22. The van der Waals surface area contributed by atoms with E-state index in [1.54, 1.807) is 12.1 Å². The lowest BCUT2D eigenvalue weighted by Crippen LogP contribution is -2.29. The normalized spacial score (nSPS) is 14.7. The van der Waals surface area contributed by atoms with Gasteiger partial charge >= 0.3 is 0 Å². The molecule has 0 aliphatic heterocycles. The molecule has 2 rings (SSSR count). The van der Waals surface area contributed by atoms with Crippen molar-refractivity contribution in [3.63, 3.8) is 0 Å². The maximum absolute atomic E-state index is 13.4. The Morgan fingerprint density at radius 3 is 2.88 bits per heavy atom. The third-order valence-corrected chi connectivity index (χ3v) is 3.30. The Hall–Kier alpha value is -0.940. The van der Waals surface area contributed by atoms with Crippen LogP contribution in [0.25, 0.3) is 0 Å². The summed E-state index contributed by atoms with van der Waals surface area (Å²) in [5, 5.41) is 5.61. The Morgan fingerprint density at radius 1 is 1.47 bits per heavy atom. The van der Waals surface area contributed by atoms with Gasteiger partial charge in [0.2, 0.25) is 5.91 Å². The maximum Gasteiger partial charge on any atom is 0.238 e. The molecule has 0 heterocycles. The van der Waals surface area contributed by atoms with E-state index in [2.05, 4.69) is 26.6 Å². The number of hydrogen-bond donors (Lipinski definition) is 2. The lowest BCUT2D eigenvalue weighted by molar-refractivity contribution is -0.115. The van der Waals surface area contributed by atoms with E-state index in [0.29, 0.717) is 4.47 Å². The van der Waals surface area contributed by atoms with Gasteiger partial charge in [-0.05, 0) is 53.4 Å². The maximum atomic E-state index is 13.4. The molecule has 1 fully saturated rings. The van der Waals surface area contributed by atoms with Crippen LogP contribution in [0, 0.1) is 11.7 Å². The molecule has 3 nitrogen and oxygen atoms in total. The fraction of sp³-hybridized carbons (Fsp3) is 0.417. The molecule has 1 aliphatic rings. The molecule has 0 unspecified atom stereocenters. The monoisotopic (exact) mass is 300 g/mol. The first kappa shape index (κ1) is 12.5. The Morgan fingerprint density at radius 2 is 2.24 bits per heavy atom. The van der Waals surface area contributed by atoms with Crippen LogP contribution >= 0.6 is 15.9 Å². The van der Waals surface area contributed by atoms with Gasteiger partial charge in [-0.2, -0.15) is 0 Å². The first-order chi connectivity index (χ1) is 8.16. The van der Waals surface area contributed by atoms with Gasteiger partial charge in [-0.15, -0.1) is 0 Å². The van der Waals surface area contributed by atoms with Crippen LogP contribution in [0.5, 0.6) is 0 Å². The molecule has 1 saturated carbocycles. The highest BCUT2D eigenvalue weighted by Crippen LogP contribution is 2.27. The van der Waals surface area contributed by atoms with E-state index in [1.807, 2.05) is 0 Å². The molecule has 0 spiro atoms. The SMILES string of the molecule is O=C(CNCC1CC1)Nc1c(F)cccc1Br. The quantitative estimate of drug-likeness (QED) is 0.877. The van der Waals surface area contributed by atoms with E-state index in [1.165, 1.54) is 18.9 Å². The summed E-state index contributed by atoms with van der Waals surface area (Å²) in [6, 6.07) is 4.59. The first-order valence-electron chi connectivity index (χ1n) is 5.61. The van der Waals surface area contributed by atoms with E-state index >= 15 is 0 Å². The smallest absolute Gasteiger partial charge is 0.238 e. The van der Waals surface area contributed by atoms with Gasteiger partial charge in [-0.1, -0.05) is 6.07 Å². The van der Waals surface area contributed by atoms with Gasteiger partial charge in [-0.25, -0.2) is 4.39 Å². The lowest BCUT2D eigenvalue weighted by Gasteiger charge is -2.08. The summed E-state index contributed by atoms with van der Waals surface area (Å²) in [6.45, 7) is 1.09. The van der Waals surface area contributed by atoms with Crippen molar-refractivity contribution >= 4 is 27.5 Å². The average molecular weight is 301 g/mol. The van der Waals surface area contributed by atoms with Crippen molar-refractivity contribution in [1.82, 2.24) is 5.32 Å². The van der Waals surface area contributed by atoms with Crippen LogP contribution in [-0.2, 0) is 4.79 Å². The highest BCUT2D eigenvalue weighted by atomic mass is 79.9. The first-order valence-corrected chi connectivity index (χ1v) is 6.40. The molecule has 0 atom stereocenters. The Balaban J connectivity index is 1.84. The number of carbonyl (C=O) groups is 1. The van der Waals surface area contributed by atoms with Crippen molar-refractivity contribution in [1.29, 1.82) is 0 Å². The van der Waals surface area contributed by atoms with E-state index in [0.717, 1.165) is 12.5 Å². The Kier molecular flexibility index (Phi) is 4.12. The number of rotatable bonds is 5. The molecular weight excluding hydrogens is 287 g/mol. The number of nitrogens with one attached hydrogen (secondary N) is 2. The van der Waals surface area contributed by atoms with Crippen molar-refractivity contribution in [3.05, 3.63) is 28.5 Å². The van der Waals surface area contributed by atoms with Crippen LogP contribution in [0.4, 0.5) is 10.1 Å². The molecule has 0 aromatic heterocycles. The van der Waals surface area contributed by atoms with Gasteiger partial charge in [0.1, 0.15) is 5.82 Å². The fourth-order valence-electron chi connectivity index (χ4n) is 1.51. The Bertz CT molecular complexity index is 401. The zero-order valence-corrected chi connectivity index (χ0v) is 10.9. The molecule has 0 radical (unpaired) electrons. The number of para-hydroxylation sites is 1. The summed E-state index contributed by atoms with van der Waals surface area (Å²) in [4.78, 5) is 11.6. The van der Waals surface area contributed by atoms with Crippen LogP contribution in [0.2, 0.25) is 0 Å². The van der Waals surface area contributed by atoms with Crippen LogP contribution in [0.3, 0.4) is 0 Å². The highest BCUT2D eigenvalue weighted by molar-refractivity contribution is 9.10. The predicted octanol–water partition coefficient (Wildman–Crippen LogP) is 2.53. The topological polar surface area (TPSA) is 41.1 Å². The summed E-state index contributed by atoms with van der Waals surface area (Å²) >= 11 is 3.20. The third-order valence-electron chi connectivity index (χ3n) is 2.64. The van der Waals surface area contributed by atoms with Crippen molar-refractivity contribution in [3.8, 4) is 0 Å². The van der Waals surface area contributed by atoms with Gasteiger partial charge in [0.25, 0.3) is 0 Å². The molecule has 1 aromatic carbocycles. The van der Waals surface area contributed by atoms with E-state index in [-0.39, 0.29) is 18.1 Å². The van der Waals surface area contributed by atoms with Crippen LogP contribution in [0.1, 0.15) is 12.8 Å². The number of amides is 1. The second kappa shape index (κ2) is 5.60. The number of carbonyl (C=O) groups excluding carboxylic acids is 1. The molecule has 0 saturated heterocycles. The largest absolute Gasteiger partial charge is 0.322 e. The summed E-state index contributed by atoms with van der Waals surface area (Å²) in [6.07, 6.45) is 2.49. The summed E-state index contributed by atoms with van der Waals surface area (Å²) in [5.74, 6) is 0.0642. The van der Waals surface area contributed by atoms with Crippen molar-refractivity contribution in [2.45, 2.75) is 12.8 Å². The minimum absolute atomic E-state index is 0.200. The molecule has 0 bridgehead atoms. The molecule has 1 aliphatic carbocycles. The molecule has 1 aromatic rings. The minimum Gasteiger partial charge on any atom is -0.322 e. The van der Waals surface area contributed by atoms with E-state index in [4.69, 9.17) is 0 Å². The van der Waals surface area contributed by atoms with Gasteiger partial charge < -0.3 is 10.6 Å². The Labute approximate surface area is 108 Å². The lowest BCUT2D eigenvalue weighted by atomic mass is 10.3. The molecule has 1 amide bonds. The van der Waals surface area contributed by atoms with Crippen molar-refractivity contribution in [2.75, 3.05) is 18.4 Å². The highest BCUT2D eigenvalue weighted by Gasteiger charge is 2.20. The minimum atomic E-state index is -0.435. The number of halogens is 2. The second-order valence-corrected chi connectivity index (χ2v) is 5.07. The molecular formula is C12H14BrFN2O. The number of hydrogen-bond acceptors (Lipinski definition) is 2. The molecule has 2 N–H and O–H groups in total. The van der Waals surface area contributed by atoms with Crippen molar-refractivity contribution < 1.29 is 9.18 Å². The molecule has 17 heavy (non-hydrogen) atoms. The molecule has 92 valence electrons. The van der Waals surface area contributed by atoms with Crippen LogP contribution in [-0.4, -0.2) is 19.0 Å². The fourth-order valence-corrected chi connectivity index (χ4v) is 1.95. The van der Waals surface area contributed by atoms with Crippen LogP contribution in [0.15, 0.2) is 22.7 Å². The van der Waals surface area contributed by atoms with Gasteiger partial charge in [0.15, 0.2) is 0 Å². The van der Waals surface area contributed by atoms with Gasteiger partial charge in [-0.3, -0.25) is 4.79 Å². The zero-order valence-electron chi connectivity index (χ0n) is 9.30. The van der Waals surface area contributed by atoms with E-state index < -0.39 is 5.82 Å². The summed E-state index contributed by atoms with van der Waals surface area (Å²) < 4.78 is 14.0. The van der Waals surface area contributed by atoms with Crippen molar-refractivity contribution in [2.24, 2.45) is 5.92 Å².